The molecule has 0 saturated carbocycles. The van der Waals surface area contributed by atoms with Crippen molar-refractivity contribution in [1.82, 2.24) is 14.9 Å². The summed E-state index contributed by atoms with van der Waals surface area (Å²) in [5.74, 6) is 0.553. The molecule has 0 atom stereocenters. The summed E-state index contributed by atoms with van der Waals surface area (Å²) in [6.45, 7) is 9.97. The van der Waals surface area contributed by atoms with Crippen LogP contribution in [0.1, 0.15) is 53.6 Å². The summed E-state index contributed by atoms with van der Waals surface area (Å²) >= 11 is 0. The van der Waals surface area contributed by atoms with Crippen molar-refractivity contribution < 1.29 is 4.74 Å². The number of piperidine rings is 1. The molecule has 1 aromatic heterocycles. The van der Waals surface area contributed by atoms with Crippen LogP contribution in [0, 0.1) is 13.8 Å². The van der Waals surface area contributed by atoms with Gasteiger partial charge in [0.15, 0.2) is 0 Å². The number of benzene rings is 1. The highest BCUT2D eigenvalue weighted by Gasteiger charge is 2.25. The van der Waals surface area contributed by atoms with Gasteiger partial charge in [0.05, 0.1) is 18.8 Å². The molecule has 1 saturated heterocycles. The number of nitrogen functional groups attached to an aromatic ring is 1. The molecule has 1 fully saturated rings. The Balaban J connectivity index is 1.46. The molecule has 172 valence electrons. The molecule has 0 spiro atoms. The number of anilines is 2. The Morgan fingerprint density at radius 2 is 1.88 bits per heavy atom. The fraction of sp³-hybridized carbons (Fsp3) is 0.560. The lowest BCUT2D eigenvalue weighted by Gasteiger charge is -2.33. The molecule has 7 heteroatoms. The molecular formula is C25H36N6O. The molecule has 0 radical (unpaired) electrons. The summed E-state index contributed by atoms with van der Waals surface area (Å²) in [7, 11) is 1.82. The van der Waals surface area contributed by atoms with Gasteiger partial charge in [-0.15, -0.1) is 0 Å². The van der Waals surface area contributed by atoms with Crippen molar-refractivity contribution in [1.29, 1.82) is 0 Å². The van der Waals surface area contributed by atoms with E-state index in [0.29, 0.717) is 25.0 Å². The van der Waals surface area contributed by atoms with E-state index < -0.39 is 0 Å². The third kappa shape index (κ3) is 5.04. The first-order valence-electron chi connectivity index (χ1n) is 11.8. The van der Waals surface area contributed by atoms with Gasteiger partial charge in [0.2, 0.25) is 0 Å². The standard InChI is InChI=1S/C25H36N6O/c1-18-8-9-19(2)23(21(18)16-27-3)31-14-10-20-22(17-31)28-25(29-24(20)26)32-15-7-13-30-11-5-4-6-12-30/h8-9,16H,4-7,10-15,17H2,1-3H3,(H2,26,28,29). The van der Waals surface area contributed by atoms with Crippen LogP contribution < -0.4 is 15.4 Å². The largest absolute Gasteiger partial charge is 0.463 e. The van der Waals surface area contributed by atoms with Gasteiger partial charge >= 0.3 is 6.01 Å². The van der Waals surface area contributed by atoms with Crippen LogP contribution in [0.2, 0.25) is 0 Å². The molecule has 1 aromatic carbocycles. The van der Waals surface area contributed by atoms with Crippen molar-refractivity contribution in [2.24, 2.45) is 4.99 Å². The van der Waals surface area contributed by atoms with Crippen molar-refractivity contribution in [3.8, 4) is 6.01 Å². The number of rotatable bonds is 7. The van der Waals surface area contributed by atoms with Crippen LogP contribution in [-0.4, -0.2) is 60.9 Å². The zero-order valence-electron chi connectivity index (χ0n) is 19.7. The molecule has 0 aliphatic carbocycles. The van der Waals surface area contributed by atoms with Gasteiger partial charge in [0.1, 0.15) is 5.82 Å². The van der Waals surface area contributed by atoms with Crippen molar-refractivity contribution in [3.05, 3.63) is 40.1 Å². The van der Waals surface area contributed by atoms with E-state index in [4.69, 9.17) is 15.5 Å². The van der Waals surface area contributed by atoms with E-state index in [1.54, 1.807) is 0 Å². The van der Waals surface area contributed by atoms with E-state index in [2.05, 4.69) is 45.8 Å². The Kier molecular flexibility index (Phi) is 7.25. The first kappa shape index (κ1) is 22.5. The maximum atomic E-state index is 6.30. The summed E-state index contributed by atoms with van der Waals surface area (Å²) in [6.07, 6.45) is 7.75. The van der Waals surface area contributed by atoms with Gasteiger partial charge in [-0.2, -0.15) is 9.97 Å². The van der Waals surface area contributed by atoms with Crippen LogP contribution in [0.15, 0.2) is 17.1 Å². The Bertz CT molecular complexity index is 967. The highest BCUT2D eigenvalue weighted by Crippen LogP contribution is 2.32. The van der Waals surface area contributed by atoms with Crippen LogP contribution in [0.25, 0.3) is 0 Å². The number of nitrogens with zero attached hydrogens (tertiary/aromatic N) is 5. The SMILES string of the molecule is CN=Cc1c(C)ccc(C)c1N1CCc2c(N)nc(OCCCN3CCCCC3)nc2C1. The Hall–Kier alpha value is -2.67. The van der Waals surface area contributed by atoms with Crippen LogP contribution >= 0.6 is 0 Å². The van der Waals surface area contributed by atoms with Crippen LogP contribution in [-0.2, 0) is 13.0 Å². The predicted octanol–water partition coefficient (Wildman–Crippen LogP) is 3.54. The van der Waals surface area contributed by atoms with Gasteiger partial charge in [0, 0.05) is 43.2 Å². The monoisotopic (exact) mass is 436 g/mol. The quantitative estimate of drug-likeness (QED) is 0.528. The topological polar surface area (TPSA) is 79.9 Å². The highest BCUT2D eigenvalue weighted by molar-refractivity contribution is 5.91. The Labute approximate surface area is 191 Å². The van der Waals surface area contributed by atoms with Crippen molar-refractivity contribution in [2.45, 2.75) is 52.5 Å². The smallest absolute Gasteiger partial charge is 0.318 e. The van der Waals surface area contributed by atoms with Gasteiger partial charge in [0.25, 0.3) is 0 Å². The van der Waals surface area contributed by atoms with Crippen LogP contribution in [0.5, 0.6) is 6.01 Å². The molecule has 2 N–H and O–H groups in total. The second kappa shape index (κ2) is 10.3. The molecule has 2 aromatic rings. The molecule has 4 rings (SSSR count). The highest BCUT2D eigenvalue weighted by atomic mass is 16.5. The Morgan fingerprint density at radius 3 is 2.66 bits per heavy atom. The zero-order chi connectivity index (χ0) is 22.5. The lowest BCUT2D eigenvalue weighted by atomic mass is 9.98. The lowest BCUT2D eigenvalue weighted by Crippen LogP contribution is -2.33. The number of aliphatic imine (C=N–C) groups is 1. The van der Waals surface area contributed by atoms with E-state index in [-0.39, 0.29) is 0 Å². The minimum absolute atomic E-state index is 0.401. The van der Waals surface area contributed by atoms with Crippen molar-refractivity contribution >= 4 is 17.7 Å². The summed E-state index contributed by atoms with van der Waals surface area (Å²) in [5, 5.41) is 0. The van der Waals surface area contributed by atoms with Gasteiger partial charge < -0.3 is 20.3 Å². The molecule has 7 nitrogen and oxygen atoms in total. The molecule has 2 aliphatic heterocycles. The number of likely N-dealkylation sites (tertiary alicyclic amines) is 1. The fourth-order valence-electron chi connectivity index (χ4n) is 4.86. The van der Waals surface area contributed by atoms with Crippen molar-refractivity contribution in [2.75, 3.05) is 50.5 Å². The molecule has 0 amide bonds. The molecular weight excluding hydrogens is 400 g/mol. The average Bonchev–Trinajstić information content (AvgIpc) is 2.80. The third-order valence-electron chi connectivity index (χ3n) is 6.59. The summed E-state index contributed by atoms with van der Waals surface area (Å²) in [4.78, 5) is 18.4. The van der Waals surface area contributed by atoms with E-state index in [1.165, 1.54) is 54.7 Å². The molecule has 0 unspecified atom stereocenters. The van der Waals surface area contributed by atoms with Crippen LogP contribution in [0.3, 0.4) is 0 Å². The number of aryl methyl sites for hydroxylation is 2. The summed E-state index contributed by atoms with van der Waals surface area (Å²) < 4.78 is 5.92. The second-order valence-corrected chi connectivity index (χ2v) is 8.94. The van der Waals surface area contributed by atoms with Crippen molar-refractivity contribution in [3.63, 3.8) is 0 Å². The second-order valence-electron chi connectivity index (χ2n) is 8.94. The maximum absolute atomic E-state index is 6.30. The van der Waals surface area contributed by atoms with E-state index in [0.717, 1.165) is 37.2 Å². The minimum atomic E-state index is 0.401. The minimum Gasteiger partial charge on any atom is -0.463 e. The summed E-state index contributed by atoms with van der Waals surface area (Å²) in [6, 6.07) is 4.74. The molecule has 2 aliphatic rings. The van der Waals surface area contributed by atoms with E-state index in [9.17, 15) is 0 Å². The Morgan fingerprint density at radius 1 is 1.09 bits per heavy atom. The molecule has 32 heavy (non-hydrogen) atoms. The van der Waals surface area contributed by atoms with Gasteiger partial charge in [-0.1, -0.05) is 18.6 Å². The zero-order valence-corrected chi connectivity index (χ0v) is 19.7. The number of fused-ring (bicyclic) bond motifs is 1. The third-order valence-corrected chi connectivity index (χ3v) is 6.59. The molecule has 0 bridgehead atoms. The van der Waals surface area contributed by atoms with Gasteiger partial charge in [-0.05, 0) is 63.7 Å². The number of nitrogens with two attached hydrogens (primary N) is 1. The average molecular weight is 437 g/mol. The normalized spacial score (nSPS) is 17.0. The fourth-order valence-corrected chi connectivity index (χ4v) is 4.86. The predicted molar refractivity (Wildman–Crippen MR) is 131 cm³/mol. The lowest BCUT2D eigenvalue weighted by molar-refractivity contribution is 0.200. The first-order chi connectivity index (χ1) is 15.6. The van der Waals surface area contributed by atoms with Crippen LogP contribution in [0.4, 0.5) is 11.5 Å². The van der Waals surface area contributed by atoms with E-state index in [1.807, 2.05) is 13.3 Å². The molecule has 3 heterocycles. The summed E-state index contributed by atoms with van der Waals surface area (Å²) in [5.41, 5.74) is 13.2. The number of hydrogen-bond donors (Lipinski definition) is 1. The number of hydrogen-bond acceptors (Lipinski definition) is 7. The number of aromatic nitrogens is 2. The first-order valence-corrected chi connectivity index (χ1v) is 11.8. The van der Waals surface area contributed by atoms with E-state index >= 15 is 0 Å². The number of ether oxygens (including phenoxy) is 1. The maximum Gasteiger partial charge on any atom is 0.318 e. The van der Waals surface area contributed by atoms with Gasteiger partial charge in [-0.25, -0.2) is 0 Å². The van der Waals surface area contributed by atoms with Gasteiger partial charge in [-0.3, -0.25) is 4.99 Å².